The predicted molar refractivity (Wildman–Crippen MR) is 46.8 cm³/mol. The van der Waals surface area contributed by atoms with E-state index in [2.05, 4.69) is 27.9 Å². The molecule has 66 valence electrons. The number of ether oxygens (including phenoxy) is 1. The molecule has 0 spiro atoms. The summed E-state index contributed by atoms with van der Waals surface area (Å²) in [5, 5.41) is 8.83. The lowest BCUT2D eigenvalue weighted by molar-refractivity contribution is -0.0186. The Bertz CT molecular complexity index is 113. The van der Waals surface area contributed by atoms with Gasteiger partial charge in [-0.05, 0) is 13.5 Å². The highest BCUT2D eigenvalue weighted by atomic mass is 79.9. The Morgan fingerprint density at radius 2 is 2.45 bits per heavy atom. The monoisotopic (exact) mass is 223 g/mol. The third-order valence-corrected chi connectivity index (χ3v) is 2.89. The van der Waals surface area contributed by atoms with Crippen LogP contribution in [0.1, 0.15) is 6.42 Å². The van der Waals surface area contributed by atoms with Gasteiger partial charge in [0.05, 0.1) is 6.61 Å². The molecule has 0 amide bonds. The fourth-order valence-electron chi connectivity index (χ4n) is 1.27. The van der Waals surface area contributed by atoms with E-state index < -0.39 is 0 Å². The highest BCUT2D eigenvalue weighted by molar-refractivity contribution is 9.09. The van der Waals surface area contributed by atoms with E-state index in [1.165, 1.54) is 0 Å². The number of aliphatic hydroxyl groups is 1. The first-order valence-corrected chi connectivity index (χ1v) is 4.74. The second kappa shape index (κ2) is 4.40. The molecule has 2 unspecified atom stereocenters. The Balaban J connectivity index is 2.41. The van der Waals surface area contributed by atoms with Crippen LogP contribution in [0.15, 0.2) is 0 Å². The fraction of sp³-hybridized carbons (Fsp3) is 1.00. The van der Waals surface area contributed by atoms with Crippen molar-refractivity contribution in [1.82, 2.24) is 4.90 Å². The first-order chi connectivity index (χ1) is 5.25. The van der Waals surface area contributed by atoms with Gasteiger partial charge in [-0.3, -0.25) is 4.90 Å². The summed E-state index contributed by atoms with van der Waals surface area (Å²) in [6.45, 7) is 1.95. The third-order valence-electron chi connectivity index (χ3n) is 2.01. The van der Waals surface area contributed by atoms with Gasteiger partial charge in [0.25, 0.3) is 0 Å². The summed E-state index contributed by atoms with van der Waals surface area (Å²) in [7, 11) is 2.05. The molecule has 0 aromatic carbocycles. The van der Waals surface area contributed by atoms with E-state index in [-0.39, 0.29) is 11.6 Å². The lowest BCUT2D eigenvalue weighted by Crippen LogP contribution is -2.47. The van der Waals surface area contributed by atoms with E-state index in [1.807, 2.05) is 0 Å². The van der Waals surface area contributed by atoms with Crippen molar-refractivity contribution in [2.75, 3.05) is 26.8 Å². The largest absolute Gasteiger partial charge is 0.396 e. The Labute approximate surface area is 75.5 Å². The molecular weight excluding hydrogens is 210 g/mol. The molecule has 0 radical (unpaired) electrons. The molecule has 0 saturated carbocycles. The highest BCUT2D eigenvalue weighted by Crippen LogP contribution is 2.19. The number of likely N-dealkylation sites (N-methyl/N-ethyl adjacent to an activating group) is 1. The maximum Gasteiger partial charge on any atom is 0.128 e. The molecule has 3 nitrogen and oxygen atoms in total. The van der Waals surface area contributed by atoms with Crippen molar-refractivity contribution < 1.29 is 9.84 Å². The molecule has 2 atom stereocenters. The van der Waals surface area contributed by atoms with Crippen molar-refractivity contribution in [2.45, 2.75) is 17.5 Å². The van der Waals surface area contributed by atoms with Crippen molar-refractivity contribution >= 4 is 15.9 Å². The van der Waals surface area contributed by atoms with Crippen LogP contribution in [-0.4, -0.2) is 47.9 Å². The second-order valence-electron chi connectivity index (χ2n) is 2.78. The first-order valence-electron chi connectivity index (χ1n) is 3.82. The third kappa shape index (κ3) is 2.40. The summed E-state index contributed by atoms with van der Waals surface area (Å²) in [6.07, 6.45) is 0.770. The zero-order valence-corrected chi connectivity index (χ0v) is 8.25. The maximum atomic E-state index is 8.75. The summed E-state index contributed by atoms with van der Waals surface area (Å²) < 4.78 is 5.38. The molecule has 1 aliphatic rings. The standard InChI is InChI=1S/C7H14BrNO2/c1-9-3-5-11-7(8)6(9)2-4-10/h6-7,10H,2-5H2,1H3. The van der Waals surface area contributed by atoms with Gasteiger partial charge in [0.15, 0.2) is 0 Å². The van der Waals surface area contributed by atoms with Gasteiger partial charge < -0.3 is 9.84 Å². The van der Waals surface area contributed by atoms with Crippen LogP contribution >= 0.6 is 15.9 Å². The van der Waals surface area contributed by atoms with Gasteiger partial charge in [0.2, 0.25) is 0 Å². The van der Waals surface area contributed by atoms with Gasteiger partial charge in [0.1, 0.15) is 5.01 Å². The summed E-state index contributed by atoms with van der Waals surface area (Å²) in [6, 6.07) is 0.314. The predicted octanol–water partition coefficient (Wildman–Crippen LogP) is 0.420. The summed E-state index contributed by atoms with van der Waals surface area (Å²) in [4.78, 5) is 2.21. The molecule has 0 aliphatic carbocycles. The van der Waals surface area contributed by atoms with Crippen LogP contribution in [0.4, 0.5) is 0 Å². The molecule has 1 saturated heterocycles. The van der Waals surface area contributed by atoms with E-state index in [0.29, 0.717) is 6.04 Å². The molecule has 1 N–H and O–H groups in total. The molecular formula is C7H14BrNO2. The van der Waals surface area contributed by atoms with Crippen LogP contribution in [0.2, 0.25) is 0 Å². The molecule has 4 heteroatoms. The molecule has 1 rings (SSSR count). The van der Waals surface area contributed by atoms with Crippen LogP contribution in [0.3, 0.4) is 0 Å². The van der Waals surface area contributed by atoms with Crippen molar-refractivity contribution in [3.05, 3.63) is 0 Å². The van der Waals surface area contributed by atoms with Gasteiger partial charge in [-0.25, -0.2) is 0 Å². The van der Waals surface area contributed by atoms with Crippen LogP contribution < -0.4 is 0 Å². The number of halogens is 1. The van der Waals surface area contributed by atoms with E-state index in [4.69, 9.17) is 9.84 Å². The van der Waals surface area contributed by atoms with E-state index >= 15 is 0 Å². The Kier molecular flexibility index (Phi) is 3.78. The average molecular weight is 224 g/mol. The molecule has 1 fully saturated rings. The number of morpholine rings is 1. The van der Waals surface area contributed by atoms with Gasteiger partial charge >= 0.3 is 0 Å². The summed E-state index contributed by atoms with van der Waals surface area (Å²) in [5.74, 6) is 0. The fourth-order valence-corrected chi connectivity index (χ4v) is 2.12. The highest BCUT2D eigenvalue weighted by Gasteiger charge is 2.26. The zero-order chi connectivity index (χ0) is 8.27. The zero-order valence-electron chi connectivity index (χ0n) is 6.66. The Hall–Kier alpha value is 0.360. The van der Waals surface area contributed by atoms with Crippen molar-refractivity contribution in [1.29, 1.82) is 0 Å². The molecule has 0 aromatic heterocycles. The number of hydrogen-bond donors (Lipinski definition) is 1. The number of nitrogens with zero attached hydrogens (tertiary/aromatic N) is 1. The molecule has 0 aromatic rings. The van der Waals surface area contributed by atoms with Crippen LogP contribution in [-0.2, 0) is 4.74 Å². The maximum absolute atomic E-state index is 8.75. The SMILES string of the molecule is CN1CCOC(Br)C1CCO. The van der Waals surface area contributed by atoms with Crippen molar-refractivity contribution in [2.24, 2.45) is 0 Å². The van der Waals surface area contributed by atoms with Gasteiger partial charge in [0, 0.05) is 19.2 Å². The van der Waals surface area contributed by atoms with Gasteiger partial charge in [-0.15, -0.1) is 0 Å². The normalized spacial score (nSPS) is 34.1. The smallest absolute Gasteiger partial charge is 0.128 e. The van der Waals surface area contributed by atoms with Gasteiger partial charge in [-0.2, -0.15) is 0 Å². The van der Waals surface area contributed by atoms with Gasteiger partial charge in [-0.1, -0.05) is 15.9 Å². The lowest BCUT2D eigenvalue weighted by atomic mass is 10.2. The number of alkyl halides is 1. The minimum Gasteiger partial charge on any atom is -0.396 e. The molecule has 11 heavy (non-hydrogen) atoms. The van der Waals surface area contributed by atoms with E-state index in [9.17, 15) is 0 Å². The minimum absolute atomic E-state index is 0.0772. The number of aliphatic hydroxyl groups excluding tert-OH is 1. The lowest BCUT2D eigenvalue weighted by Gasteiger charge is -2.35. The van der Waals surface area contributed by atoms with Crippen molar-refractivity contribution in [3.8, 4) is 0 Å². The van der Waals surface area contributed by atoms with Crippen LogP contribution in [0, 0.1) is 0 Å². The summed E-state index contributed by atoms with van der Waals surface area (Å²) in [5.41, 5.74) is 0. The topological polar surface area (TPSA) is 32.7 Å². The van der Waals surface area contributed by atoms with E-state index in [0.717, 1.165) is 19.6 Å². The molecule has 0 bridgehead atoms. The average Bonchev–Trinajstić information content (AvgIpc) is 1.97. The van der Waals surface area contributed by atoms with Crippen LogP contribution in [0.25, 0.3) is 0 Å². The molecule has 1 heterocycles. The molecule has 1 aliphatic heterocycles. The Morgan fingerprint density at radius 1 is 1.73 bits per heavy atom. The number of rotatable bonds is 2. The first kappa shape index (κ1) is 9.45. The second-order valence-corrected chi connectivity index (χ2v) is 3.68. The number of hydrogen-bond acceptors (Lipinski definition) is 3. The van der Waals surface area contributed by atoms with E-state index in [1.54, 1.807) is 0 Å². The Morgan fingerprint density at radius 3 is 3.00 bits per heavy atom. The minimum atomic E-state index is 0.0772. The quantitative estimate of drug-likeness (QED) is 0.690. The van der Waals surface area contributed by atoms with Crippen LogP contribution in [0.5, 0.6) is 0 Å². The van der Waals surface area contributed by atoms with Crippen molar-refractivity contribution in [3.63, 3.8) is 0 Å². The summed E-state index contributed by atoms with van der Waals surface area (Å²) >= 11 is 3.42.